The van der Waals surface area contributed by atoms with Crippen molar-refractivity contribution in [3.8, 4) is 17.6 Å². The lowest BCUT2D eigenvalue weighted by Gasteiger charge is -2.30. The molecule has 4 aromatic rings. The zero-order valence-electron chi connectivity index (χ0n) is 21.9. The number of hydrogen-bond donors (Lipinski definition) is 2. The van der Waals surface area contributed by atoms with Gasteiger partial charge in [0.15, 0.2) is 11.5 Å². The number of nitrogens with zero attached hydrogens (tertiary/aromatic N) is 4. The number of alkyl halides is 1. The summed E-state index contributed by atoms with van der Waals surface area (Å²) in [4.78, 5) is 35.7. The highest BCUT2D eigenvalue weighted by atomic mass is 35.5. The molecule has 3 aliphatic rings. The van der Waals surface area contributed by atoms with Crippen LogP contribution in [0.5, 0.6) is 11.5 Å². The maximum atomic E-state index is 13.6. The van der Waals surface area contributed by atoms with Gasteiger partial charge >= 0.3 is 6.03 Å². The fraction of sp³-hybridized carbons (Fsp3) is 0.241. The van der Waals surface area contributed by atoms with Crippen LogP contribution >= 0.6 is 22.9 Å². The van der Waals surface area contributed by atoms with E-state index in [0.717, 1.165) is 30.0 Å². The minimum absolute atomic E-state index is 0.0399. The van der Waals surface area contributed by atoms with E-state index in [1.807, 2.05) is 24.3 Å². The zero-order chi connectivity index (χ0) is 29.0. The van der Waals surface area contributed by atoms with Gasteiger partial charge in [-0.15, -0.1) is 11.3 Å². The number of thiophene rings is 1. The second-order valence-corrected chi connectivity index (χ2v) is 11.5. The van der Waals surface area contributed by atoms with Gasteiger partial charge in [-0.3, -0.25) is 14.6 Å². The molecule has 0 saturated carbocycles. The van der Waals surface area contributed by atoms with Gasteiger partial charge in [0.05, 0.1) is 27.3 Å². The Morgan fingerprint density at radius 2 is 1.98 bits per heavy atom. The number of halogens is 2. The van der Waals surface area contributed by atoms with E-state index < -0.39 is 18.1 Å². The molecule has 1 saturated heterocycles. The molecule has 0 bridgehead atoms. The second kappa shape index (κ2) is 10.4. The monoisotopic (exact) mass is 604 g/mol. The molecule has 3 aliphatic heterocycles. The molecule has 0 spiro atoms. The number of pyridine rings is 1. The maximum Gasteiger partial charge on any atom is 0.331 e. The molecule has 3 amide bonds. The number of carbonyl (C=O) groups excluding carboxylic acids is 2. The van der Waals surface area contributed by atoms with Crippen LogP contribution in [0.4, 0.5) is 31.9 Å². The highest BCUT2D eigenvalue weighted by Gasteiger charge is 2.38. The summed E-state index contributed by atoms with van der Waals surface area (Å²) in [6, 6.07) is 12.2. The van der Waals surface area contributed by atoms with Crippen LogP contribution in [0.2, 0.25) is 5.02 Å². The summed E-state index contributed by atoms with van der Waals surface area (Å²) in [6.45, 7) is 2.12. The van der Waals surface area contributed by atoms with Crippen molar-refractivity contribution in [1.29, 1.82) is 5.26 Å². The van der Waals surface area contributed by atoms with Crippen molar-refractivity contribution in [3.05, 3.63) is 63.6 Å². The molecule has 7 rings (SSSR count). The summed E-state index contributed by atoms with van der Waals surface area (Å²) in [5.41, 5.74) is 2.51. The van der Waals surface area contributed by atoms with Gasteiger partial charge in [-0.05, 0) is 42.7 Å². The fourth-order valence-corrected chi connectivity index (χ4v) is 6.69. The third kappa shape index (κ3) is 4.46. The summed E-state index contributed by atoms with van der Waals surface area (Å²) >= 11 is 7.65. The number of benzene rings is 2. The van der Waals surface area contributed by atoms with Gasteiger partial charge in [0.25, 0.3) is 5.91 Å². The predicted octanol–water partition coefficient (Wildman–Crippen LogP) is 6.42. The first kappa shape index (κ1) is 26.5. The Morgan fingerprint density at radius 1 is 1.19 bits per heavy atom. The number of fused-ring (bicyclic) bond motifs is 1. The van der Waals surface area contributed by atoms with Gasteiger partial charge in [-0.2, -0.15) is 5.26 Å². The summed E-state index contributed by atoms with van der Waals surface area (Å²) in [5, 5.41) is 16.3. The molecule has 0 aliphatic carbocycles. The number of likely N-dealkylation sites (tertiary alicyclic amines) is 1. The van der Waals surface area contributed by atoms with Gasteiger partial charge in [0, 0.05) is 31.5 Å². The standard InChI is InChI=1S/C29H22ClFN6O4S/c30-19-5-6-20-25(41-14-40-20)24(19)37-23-16(11-32)12-33-28-21(23)22(35-29(37)39)26(42-28)27(38)34-18-3-1-15(2-4-18)13-36-9-7-17(31)8-10-36/h1-6,12,17H,7-10,13-14H2,(H,34,38)(H,35,39). The van der Waals surface area contributed by atoms with E-state index in [4.69, 9.17) is 21.1 Å². The van der Waals surface area contributed by atoms with Gasteiger partial charge < -0.3 is 20.1 Å². The Morgan fingerprint density at radius 3 is 2.74 bits per heavy atom. The lowest BCUT2D eigenvalue weighted by Crippen LogP contribution is -2.35. The van der Waals surface area contributed by atoms with Gasteiger partial charge in [0.1, 0.15) is 27.6 Å². The van der Waals surface area contributed by atoms with E-state index >= 15 is 0 Å². The molecule has 0 radical (unpaired) electrons. The number of carbonyl (C=O) groups is 2. The first-order valence-electron chi connectivity index (χ1n) is 13.2. The largest absolute Gasteiger partial charge is 0.454 e. The molecule has 2 aromatic carbocycles. The van der Waals surface area contributed by atoms with Crippen LogP contribution in [0.1, 0.15) is 33.6 Å². The normalized spacial score (nSPS) is 16.4. The number of anilines is 4. The summed E-state index contributed by atoms with van der Waals surface area (Å²) in [5.74, 6) is 0.260. The molecule has 5 heterocycles. The lowest BCUT2D eigenvalue weighted by atomic mass is 10.1. The third-order valence-corrected chi connectivity index (χ3v) is 8.90. The SMILES string of the molecule is N#Cc1cnc2sc(C(=O)Nc3ccc(CN4CCC(F)CC4)cc3)c3c2c1N(c1c(Cl)ccc2c1OCO2)C(=O)N3. The van der Waals surface area contributed by atoms with Crippen LogP contribution in [-0.2, 0) is 6.54 Å². The Bertz CT molecular complexity index is 1800. The molecule has 2 aromatic heterocycles. The summed E-state index contributed by atoms with van der Waals surface area (Å²) in [7, 11) is 0. The molecule has 42 heavy (non-hydrogen) atoms. The van der Waals surface area contributed by atoms with E-state index in [1.54, 1.807) is 12.1 Å². The topological polar surface area (TPSA) is 120 Å². The van der Waals surface area contributed by atoms with Crippen LogP contribution in [0.3, 0.4) is 0 Å². The van der Waals surface area contributed by atoms with Crippen LogP contribution in [0.15, 0.2) is 42.6 Å². The number of amides is 3. The first-order chi connectivity index (χ1) is 20.4. The van der Waals surface area contributed by atoms with Crippen LogP contribution in [0.25, 0.3) is 10.2 Å². The quantitative estimate of drug-likeness (QED) is 0.270. The van der Waals surface area contributed by atoms with Crippen molar-refractivity contribution in [1.82, 2.24) is 9.88 Å². The number of aromatic nitrogens is 1. The zero-order valence-corrected chi connectivity index (χ0v) is 23.5. The highest BCUT2D eigenvalue weighted by Crippen LogP contribution is 2.53. The predicted molar refractivity (Wildman–Crippen MR) is 157 cm³/mol. The number of nitriles is 1. The fourth-order valence-electron chi connectivity index (χ4n) is 5.46. The minimum atomic E-state index is -0.718. The molecule has 2 N–H and O–H groups in total. The van der Waals surface area contributed by atoms with E-state index in [-0.39, 0.29) is 45.1 Å². The van der Waals surface area contributed by atoms with Gasteiger partial charge in [-0.1, -0.05) is 23.7 Å². The molecule has 0 unspecified atom stereocenters. The van der Waals surface area contributed by atoms with Gasteiger partial charge in [-0.25, -0.2) is 14.2 Å². The van der Waals surface area contributed by atoms with Crippen molar-refractivity contribution in [2.75, 3.05) is 35.4 Å². The highest BCUT2D eigenvalue weighted by molar-refractivity contribution is 7.21. The number of piperidine rings is 1. The average molecular weight is 605 g/mol. The van der Waals surface area contributed by atoms with Crippen LogP contribution < -0.4 is 25.0 Å². The first-order valence-corrected chi connectivity index (χ1v) is 14.4. The van der Waals surface area contributed by atoms with Crippen molar-refractivity contribution in [3.63, 3.8) is 0 Å². The number of rotatable bonds is 5. The third-order valence-electron chi connectivity index (χ3n) is 7.50. The van der Waals surface area contributed by atoms with E-state index in [1.165, 1.54) is 11.1 Å². The van der Waals surface area contributed by atoms with Gasteiger partial charge in [0.2, 0.25) is 6.79 Å². The lowest BCUT2D eigenvalue weighted by molar-refractivity contribution is 0.103. The Labute approximate surface area is 248 Å². The molecule has 13 heteroatoms. The molecule has 212 valence electrons. The Hall–Kier alpha value is -4.44. The molecule has 10 nitrogen and oxygen atoms in total. The molecular weight excluding hydrogens is 583 g/mol. The van der Waals surface area contributed by atoms with Crippen molar-refractivity contribution >= 4 is 67.8 Å². The van der Waals surface area contributed by atoms with E-state index in [9.17, 15) is 19.2 Å². The number of nitrogens with one attached hydrogen (secondary N) is 2. The van der Waals surface area contributed by atoms with Crippen molar-refractivity contribution < 1.29 is 23.5 Å². The molecule has 1 fully saturated rings. The second-order valence-electron chi connectivity index (χ2n) is 10.1. The Kier molecular flexibility index (Phi) is 6.57. The number of ether oxygens (including phenoxy) is 2. The summed E-state index contributed by atoms with van der Waals surface area (Å²) in [6.07, 6.45) is 1.75. The number of hydrogen-bond acceptors (Lipinski definition) is 8. The van der Waals surface area contributed by atoms with Crippen LogP contribution in [-0.4, -0.2) is 47.9 Å². The smallest absolute Gasteiger partial charge is 0.331 e. The van der Waals surface area contributed by atoms with Crippen molar-refractivity contribution in [2.24, 2.45) is 0 Å². The van der Waals surface area contributed by atoms with Crippen molar-refractivity contribution in [2.45, 2.75) is 25.6 Å². The van der Waals surface area contributed by atoms with E-state index in [2.05, 4.69) is 26.6 Å². The van der Waals surface area contributed by atoms with E-state index in [0.29, 0.717) is 41.0 Å². The maximum absolute atomic E-state index is 13.6. The average Bonchev–Trinajstić information content (AvgIpc) is 3.62. The Balaban J connectivity index is 1.21. The molecule has 0 atom stereocenters. The number of urea groups is 1. The minimum Gasteiger partial charge on any atom is -0.454 e. The summed E-state index contributed by atoms with van der Waals surface area (Å²) < 4.78 is 24.6. The van der Waals surface area contributed by atoms with Crippen LogP contribution in [0, 0.1) is 11.3 Å². The molecular formula is C29H22ClFN6O4S.